The van der Waals surface area contributed by atoms with Gasteiger partial charge in [-0.25, -0.2) is 0 Å². The van der Waals surface area contributed by atoms with Gasteiger partial charge in [0.2, 0.25) is 6.29 Å². The molecule has 0 saturated heterocycles. The monoisotopic (exact) mass is 368 g/mol. The summed E-state index contributed by atoms with van der Waals surface area (Å²) in [5.74, 6) is 3.79. The van der Waals surface area contributed by atoms with E-state index in [1.54, 1.807) is 0 Å². The van der Waals surface area contributed by atoms with E-state index in [9.17, 15) is 0 Å². The number of hydrogen-bond donors (Lipinski definition) is 0. The molecule has 4 bridgehead atoms. The van der Waals surface area contributed by atoms with Gasteiger partial charge < -0.3 is 9.47 Å². The SMILES string of the molecule is CCc1ccc(OC(OC2CCCCC2)C23CC4CC(CC(C4)C2)C3)cc1. The highest BCUT2D eigenvalue weighted by Crippen LogP contribution is 2.62. The van der Waals surface area contributed by atoms with E-state index in [1.165, 1.54) is 76.2 Å². The maximum atomic E-state index is 6.81. The van der Waals surface area contributed by atoms with Gasteiger partial charge in [0.25, 0.3) is 0 Å². The molecule has 27 heavy (non-hydrogen) atoms. The molecule has 2 heteroatoms. The third kappa shape index (κ3) is 3.67. The minimum atomic E-state index is -0.0403. The maximum Gasteiger partial charge on any atom is 0.205 e. The van der Waals surface area contributed by atoms with Crippen LogP contribution in [-0.2, 0) is 11.2 Å². The first kappa shape index (κ1) is 18.0. The summed E-state index contributed by atoms with van der Waals surface area (Å²) < 4.78 is 13.5. The molecule has 5 saturated carbocycles. The molecule has 1 unspecified atom stereocenters. The number of benzene rings is 1. The molecule has 0 amide bonds. The van der Waals surface area contributed by atoms with E-state index < -0.39 is 0 Å². The standard InChI is InChI=1S/C25H36O2/c1-2-18-8-10-23(11-9-18)27-24(26-22-6-4-3-5-7-22)25-15-19-12-20(16-25)14-21(13-19)17-25/h8-11,19-22,24H,2-7,12-17H2,1H3. The van der Waals surface area contributed by atoms with Crippen molar-refractivity contribution in [2.75, 3.05) is 0 Å². The van der Waals surface area contributed by atoms with Gasteiger partial charge in [-0.2, -0.15) is 0 Å². The minimum Gasteiger partial charge on any atom is -0.464 e. The quantitative estimate of drug-likeness (QED) is 0.532. The Bertz CT molecular complexity index is 593. The molecular formula is C25H36O2. The van der Waals surface area contributed by atoms with Crippen molar-refractivity contribution in [3.05, 3.63) is 29.8 Å². The first-order chi connectivity index (χ1) is 13.2. The topological polar surface area (TPSA) is 18.5 Å². The van der Waals surface area contributed by atoms with Crippen LogP contribution < -0.4 is 4.74 Å². The van der Waals surface area contributed by atoms with Crippen molar-refractivity contribution in [1.82, 2.24) is 0 Å². The molecule has 0 N–H and O–H groups in total. The highest BCUT2D eigenvalue weighted by molar-refractivity contribution is 5.27. The first-order valence-electron chi connectivity index (χ1n) is 11.6. The summed E-state index contributed by atoms with van der Waals surface area (Å²) in [6, 6.07) is 8.76. The van der Waals surface area contributed by atoms with Crippen molar-refractivity contribution in [2.45, 2.75) is 96.4 Å². The van der Waals surface area contributed by atoms with Crippen LogP contribution in [0, 0.1) is 23.2 Å². The molecule has 0 aromatic heterocycles. The Balaban J connectivity index is 1.39. The van der Waals surface area contributed by atoms with Crippen LogP contribution in [0.4, 0.5) is 0 Å². The largest absolute Gasteiger partial charge is 0.464 e. The second kappa shape index (κ2) is 7.43. The second-order valence-corrected chi connectivity index (χ2v) is 10.1. The molecule has 0 heterocycles. The van der Waals surface area contributed by atoms with Crippen LogP contribution in [0.15, 0.2) is 24.3 Å². The van der Waals surface area contributed by atoms with Crippen molar-refractivity contribution >= 4 is 0 Å². The highest BCUT2D eigenvalue weighted by Gasteiger charge is 2.56. The number of rotatable bonds is 6. The lowest BCUT2D eigenvalue weighted by atomic mass is 9.49. The molecule has 148 valence electrons. The van der Waals surface area contributed by atoms with E-state index in [4.69, 9.17) is 9.47 Å². The third-order valence-electron chi connectivity index (χ3n) is 8.03. The van der Waals surface area contributed by atoms with E-state index in [1.807, 2.05) is 0 Å². The molecule has 1 aromatic carbocycles. The van der Waals surface area contributed by atoms with E-state index in [0.717, 1.165) is 29.9 Å². The summed E-state index contributed by atoms with van der Waals surface area (Å²) in [5, 5.41) is 0. The summed E-state index contributed by atoms with van der Waals surface area (Å²) in [4.78, 5) is 0. The maximum absolute atomic E-state index is 6.81. The van der Waals surface area contributed by atoms with E-state index >= 15 is 0 Å². The van der Waals surface area contributed by atoms with Gasteiger partial charge in [0.15, 0.2) is 0 Å². The molecule has 5 fully saturated rings. The lowest BCUT2D eigenvalue weighted by Crippen LogP contribution is -2.55. The summed E-state index contributed by atoms with van der Waals surface area (Å²) >= 11 is 0. The molecule has 1 aromatic rings. The Labute approximate surface area is 165 Å². The Kier molecular flexibility index (Phi) is 4.96. The fourth-order valence-corrected chi connectivity index (χ4v) is 7.07. The van der Waals surface area contributed by atoms with Crippen LogP contribution >= 0.6 is 0 Å². The normalized spacial score (nSPS) is 36.7. The average molecular weight is 369 g/mol. The Morgan fingerprint density at radius 1 is 0.889 bits per heavy atom. The van der Waals surface area contributed by atoms with Crippen molar-refractivity contribution in [3.8, 4) is 5.75 Å². The molecule has 0 spiro atoms. The zero-order valence-corrected chi connectivity index (χ0v) is 17.0. The summed E-state index contributed by atoms with van der Waals surface area (Å²) in [6.45, 7) is 2.21. The fourth-order valence-electron chi connectivity index (χ4n) is 7.07. The molecule has 6 rings (SSSR count). The predicted octanol–water partition coefficient (Wildman–Crippen LogP) is 6.52. The lowest BCUT2D eigenvalue weighted by Gasteiger charge is -2.58. The van der Waals surface area contributed by atoms with Gasteiger partial charge in [0, 0.05) is 5.41 Å². The molecule has 5 aliphatic rings. The number of aryl methyl sites for hydroxylation is 1. The van der Waals surface area contributed by atoms with Crippen LogP contribution in [0.25, 0.3) is 0 Å². The Morgan fingerprint density at radius 3 is 2.04 bits per heavy atom. The van der Waals surface area contributed by atoms with Gasteiger partial charge in [0.1, 0.15) is 5.75 Å². The smallest absolute Gasteiger partial charge is 0.205 e. The van der Waals surface area contributed by atoms with Crippen molar-refractivity contribution in [1.29, 1.82) is 0 Å². The molecule has 5 aliphatic carbocycles. The van der Waals surface area contributed by atoms with E-state index in [-0.39, 0.29) is 11.7 Å². The minimum absolute atomic E-state index is 0.0403. The van der Waals surface area contributed by atoms with Crippen molar-refractivity contribution in [3.63, 3.8) is 0 Å². The predicted molar refractivity (Wildman–Crippen MR) is 109 cm³/mol. The van der Waals surface area contributed by atoms with Crippen LogP contribution in [-0.4, -0.2) is 12.4 Å². The van der Waals surface area contributed by atoms with Gasteiger partial charge in [0.05, 0.1) is 6.10 Å². The van der Waals surface area contributed by atoms with E-state index in [2.05, 4.69) is 31.2 Å². The molecular weight excluding hydrogens is 332 g/mol. The van der Waals surface area contributed by atoms with Crippen LogP contribution in [0.3, 0.4) is 0 Å². The molecule has 0 aliphatic heterocycles. The molecule has 2 nitrogen and oxygen atoms in total. The zero-order valence-electron chi connectivity index (χ0n) is 17.0. The number of hydrogen-bond acceptors (Lipinski definition) is 2. The fraction of sp³-hybridized carbons (Fsp3) is 0.760. The molecule has 1 atom stereocenters. The van der Waals surface area contributed by atoms with Crippen LogP contribution in [0.1, 0.15) is 83.1 Å². The van der Waals surface area contributed by atoms with Crippen molar-refractivity contribution in [2.24, 2.45) is 23.2 Å². The second-order valence-electron chi connectivity index (χ2n) is 10.1. The third-order valence-corrected chi connectivity index (χ3v) is 8.03. The Hall–Kier alpha value is -1.02. The van der Waals surface area contributed by atoms with Crippen molar-refractivity contribution < 1.29 is 9.47 Å². The first-order valence-corrected chi connectivity index (χ1v) is 11.6. The van der Waals surface area contributed by atoms with Gasteiger partial charge in [-0.1, -0.05) is 38.3 Å². The highest BCUT2D eigenvalue weighted by atomic mass is 16.7. The van der Waals surface area contributed by atoms with Gasteiger partial charge >= 0.3 is 0 Å². The van der Waals surface area contributed by atoms with Gasteiger partial charge in [-0.05, 0) is 93.2 Å². The summed E-state index contributed by atoms with van der Waals surface area (Å²) in [5.41, 5.74) is 1.65. The van der Waals surface area contributed by atoms with Gasteiger partial charge in [-0.15, -0.1) is 0 Å². The Morgan fingerprint density at radius 2 is 1.48 bits per heavy atom. The number of ether oxygens (including phenoxy) is 2. The average Bonchev–Trinajstić information content (AvgIpc) is 2.68. The summed E-state index contributed by atoms with van der Waals surface area (Å²) in [6.07, 6.45) is 16.3. The van der Waals surface area contributed by atoms with Crippen LogP contribution in [0.5, 0.6) is 5.75 Å². The lowest BCUT2D eigenvalue weighted by molar-refractivity contribution is -0.236. The van der Waals surface area contributed by atoms with Gasteiger partial charge in [-0.3, -0.25) is 0 Å². The van der Waals surface area contributed by atoms with Crippen LogP contribution in [0.2, 0.25) is 0 Å². The molecule has 0 radical (unpaired) electrons. The van der Waals surface area contributed by atoms with E-state index in [0.29, 0.717) is 6.10 Å². The zero-order chi connectivity index (χ0) is 18.3. The summed E-state index contributed by atoms with van der Waals surface area (Å²) in [7, 11) is 0.